The summed E-state index contributed by atoms with van der Waals surface area (Å²) in [6, 6.07) is 15.0. The second-order valence-corrected chi connectivity index (χ2v) is 8.26. The number of fused-ring (bicyclic) bond motifs is 2. The summed E-state index contributed by atoms with van der Waals surface area (Å²) in [5.41, 5.74) is 5.59. The number of anilines is 1. The summed E-state index contributed by atoms with van der Waals surface area (Å²) >= 11 is 0. The number of methoxy groups -OCH3 is 1. The van der Waals surface area contributed by atoms with Crippen molar-refractivity contribution >= 4 is 28.6 Å². The van der Waals surface area contributed by atoms with Gasteiger partial charge in [0, 0.05) is 30.2 Å². The van der Waals surface area contributed by atoms with Crippen LogP contribution in [0.4, 0.5) is 10.5 Å². The van der Waals surface area contributed by atoms with Gasteiger partial charge in [-0.05, 0) is 49.7 Å². The van der Waals surface area contributed by atoms with Crippen molar-refractivity contribution in [3.63, 3.8) is 0 Å². The maximum absolute atomic E-state index is 12.6. The molecule has 34 heavy (non-hydrogen) atoms. The van der Waals surface area contributed by atoms with Gasteiger partial charge in [0.1, 0.15) is 23.3 Å². The van der Waals surface area contributed by atoms with Crippen LogP contribution in [-0.2, 0) is 9.53 Å². The Hall–Kier alpha value is -3.85. The Balaban J connectivity index is 1.21. The van der Waals surface area contributed by atoms with Crippen LogP contribution >= 0.6 is 0 Å². The van der Waals surface area contributed by atoms with Crippen LogP contribution in [0.15, 0.2) is 54.7 Å². The number of hydrazine groups is 1. The Morgan fingerprint density at radius 2 is 2.00 bits per heavy atom. The third-order valence-electron chi connectivity index (χ3n) is 6.07. The zero-order valence-electron chi connectivity index (χ0n) is 19.1. The number of rotatable bonds is 7. The van der Waals surface area contributed by atoms with Gasteiger partial charge in [0.2, 0.25) is 0 Å². The summed E-state index contributed by atoms with van der Waals surface area (Å²) in [5, 5.41) is 2.44. The van der Waals surface area contributed by atoms with Crippen LogP contribution in [0.2, 0.25) is 0 Å². The lowest BCUT2D eigenvalue weighted by molar-refractivity contribution is -0.126. The molecule has 3 heterocycles. The molecule has 0 bridgehead atoms. The van der Waals surface area contributed by atoms with Crippen LogP contribution in [0.25, 0.3) is 10.9 Å². The molecular formula is C25H26N4O5. The van der Waals surface area contributed by atoms with Crippen LogP contribution < -0.4 is 19.9 Å². The lowest BCUT2D eigenvalue weighted by Crippen LogP contribution is -2.52. The van der Waals surface area contributed by atoms with Crippen molar-refractivity contribution in [1.29, 1.82) is 0 Å². The number of aromatic nitrogens is 1. The first-order chi connectivity index (χ1) is 16.5. The third-order valence-corrected chi connectivity index (χ3v) is 6.07. The van der Waals surface area contributed by atoms with E-state index in [2.05, 4.69) is 10.4 Å². The monoisotopic (exact) mass is 462 g/mol. The van der Waals surface area contributed by atoms with E-state index >= 15 is 0 Å². The molecule has 1 unspecified atom stereocenters. The standard InChI is InChI=1S/C25H26N4O5/c1-16-24(30)29(21-6-3-4-7-22(21)33-16)27-11-5-13-28-15-23(34-25(28)31)18-10-12-26-20-9-8-17(32-2)14-19(18)20/h3-4,6-10,12,14,16,23,27H,5,11,13,15H2,1-2H3/t16?,23-/m0/s1. The summed E-state index contributed by atoms with van der Waals surface area (Å²) < 4.78 is 16.7. The highest BCUT2D eigenvalue weighted by molar-refractivity contribution is 5.98. The molecule has 2 amide bonds. The van der Waals surface area contributed by atoms with E-state index in [1.807, 2.05) is 48.5 Å². The number of carbonyl (C=O) groups excluding carboxylic acids is 2. The zero-order chi connectivity index (χ0) is 23.7. The molecule has 5 rings (SSSR count). The van der Waals surface area contributed by atoms with Crippen molar-refractivity contribution in [2.24, 2.45) is 0 Å². The van der Waals surface area contributed by atoms with E-state index in [0.29, 0.717) is 37.5 Å². The summed E-state index contributed by atoms with van der Waals surface area (Å²) in [4.78, 5) is 31.2. The summed E-state index contributed by atoms with van der Waals surface area (Å²) in [7, 11) is 1.62. The molecule has 0 aliphatic carbocycles. The van der Waals surface area contributed by atoms with Crippen molar-refractivity contribution in [3.05, 3.63) is 60.3 Å². The molecule has 2 aromatic carbocycles. The van der Waals surface area contributed by atoms with Crippen molar-refractivity contribution in [2.75, 3.05) is 31.8 Å². The first-order valence-electron chi connectivity index (χ1n) is 11.3. The molecule has 176 valence electrons. The number of hydrogen-bond donors (Lipinski definition) is 1. The number of hydrogen-bond acceptors (Lipinski definition) is 7. The van der Waals surface area contributed by atoms with Crippen LogP contribution in [0.3, 0.4) is 0 Å². The highest BCUT2D eigenvalue weighted by Gasteiger charge is 2.34. The number of benzene rings is 2. The van der Waals surface area contributed by atoms with Gasteiger partial charge in [0.15, 0.2) is 6.10 Å². The molecule has 3 aromatic rings. The molecule has 1 saturated heterocycles. The maximum Gasteiger partial charge on any atom is 0.410 e. The van der Waals surface area contributed by atoms with E-state index < -0.39 is 6.10 Å². The smallest absolute Gasteiger partial charge is 0.410 e. The van der Waals surface area contributed by atoms with Crippen LogP contribution in [0.1, 0.15) is 25.0 Å². The van der Waals surface area contributed by atoms with Crippen molar-refractivity contribution in [1.82, 2.24) is 15.3 Å². The number of nitrogens with zero attached hydrogens (tertiary/aromatic N) is 3. The average Bonchev–Trinajstić information content (AvgIpc) is 3.23. The van der Waals surface area contributed by atoms with E-state index in [1.165, 1.54) is 5.01 Å². The molecule has 0 spiro atoms. The predicted octanol–water partition coefficient (Wildman–Crippen LogP) is 3.45. The predicted molar refractivity (Wildman–Crippen MR) is 126 cm³/mol. The fourth-order valence-electron chi connectivity index (χ4n) is 4.31. The number of amides is 2. The topological polar surface area (TPSA) is 93.2 Å². The van der Waals surface area contributed by atoms with E-state index in [9.17, 15) is 9.59 Å². The maximum atomic E-state index is 12.6. The summed E-state index contributed by atoms with van der Waals surface area (Å²) in [5.74, 6) is 1.23. The Morgan fingerprint density at radius 3 is 2.85 bits per heavy atom. The fourth-order valence-corrected chi connectivity index (χ4v) is 4.31. The number of nitrogens with one attached hydrogen (secondary N) is 1. The minimum Gasteiger partial charge on any atom is -0.497 e. The van der Waals surface area contributed by atoms with Gasteiger partial charge in [-0.2, -0.15) is 0 Å². The van der Waals surface area contributed by atoms with Crippen molar-refractivity contribution < 1.29 is 23.8 Å². The molecule has 1 fully saturated rings. The first-order valence-corrected chi connectivity index (χ1v) is 11.3. The van der Waals surface area contributed by atoms with Gasteiger partial charge in [-0.25, -0.2) is 15.2 Å². The molecule has 0 saturated carbocycles. The van der Waals surface area contributed by atoms with E-state index in [4.69, 9.17) is 14.2 Å². The minimum atomic E-state index is -0.564. The Labute approximate surface area is 197 Å². The SMILES string of the molecule is COc1ccc2nccc([C@@H]3CN(CCCNN4C(=O)C(C)Oc5ccccc54)C(=O)O3)c2c1. The highest BCUT2D eigenvalue weighted by Crippen LogP contribution is 2.33. The Bertz CT molecular complexity index is 1230. The van der Waals surface area contributed by atoms with Crippen molar-refractivity contribution in [2.45, 2.75) is 25.6 Å². The quantitative estimate of drug-likeness (QED) is 0.538. The zero-order valence-corrected chi connectivity index (χ0v) is 19.1. The van der Waals surface area contributed by atoms with Crippen LogP contribution in [0.5, 0.6) is 11.5 Å². The van der Waals surface area contributed by atoms with Gasteiger partial charge in [0.25, 0.3) is 5.91 Å². The normalized spacial score (nSPS) is 19.7. The van der Waals surface area contributed by atoms with E-state index in [0.717, 1.165) is 22.2 Å². The van der Waals surface area contributed by atoms with Gasteiger partial charge >= 0.3 is 6.09 Å². The molecular weight excluding hydrogens is 436 g/mol. The number of para-hydroxylation sites is 2. The summed E-state index contributed by atoms with van der Waals surface area (Å²) in [6.07, 6.45) is 1.08. The number of pyridine rings is 1. The largest absolute Gasteiger partial charge is 0.497 e. The number of carbonyl (C=O) groups is 2. The Kier molecular flexibility index (Phi) is 5.93. The molecule has 9 heteroatoms. The number of cyclic esters (lactones) is 1. The summed E-state index contributed by atoms with van der Waals surface area (Å²) in [6.45, 7) is 3.19. The van der Waals surface area contributed by atoms with Gasteiger partial charge in [-0.3, -0.25) is 9.78 Å². The molecule has 9 nitrogen and oxygen atoms in total. The van der Waals surface area contributed by atoms with Crippen molar-refractivity contribution in [3.8, 4) is 11.5 Å². The molecule has 2 atom stereocenters. The second kappa shape index (κ2) is 9.18. The molecule has 2 aliphatic rings. The van der Waals surface area contributed by atoms with Gasteiger partial charge in [-0.15, -0.1) is 0 Å². The minimum absolute atomic E-state index is 0.153. The molecule has 1 N–H and O–H groups in total. The van der Waals surface area contributed by atoms with Gasteiger partial charge in [-0.1, -0.05) is 12.1 Å². The highest BCUT2D eigenvalue weighted by atomic mass is 16.6. The van der Waals surface area contributed by atoms with Gasteiger partial charge < -0.3 is 19.1 Å². The molecule has 1 aromatic heterocycles. The van der Waals surface area contributed by atoms with Gasteiger partial charge in [0.05, 0.1) is 19.2 Å². The second-order valence-electron chi connectivity index (χ2n) is 8.26. The first kappa shape index (κ1) is 22.0. The van der Waals surface area contributed by atoms with E-state index in [1.54, 1.807) is 25.1 Å². The lowest BCUT2D eigenvalue weighted by atomic mass is 10.0. The fraction of sp³-hybridized carbons (Fsp3) is 0.320. The average molecular weight is 463 g/mol. The Morgan fingerprint density at radius 1 is 1.15 bits per heavy atom. The van der Waals surface area contributed by atoms with E-state index in [-0.39, 0.29) is 18.1 Å². The number of ether oxygens (including phenoxy) is 3. The third kappa shape index (κ3) is 4.10. The lowest BCUT2D eigenvalue weighted by Gasteiger charge is -2.33. The molecule has 0 radical (unpaired) electrons. The van der Waals surface area contributed by atoms with Crippen LogP contribution in [0, 0.1) is 0 Å². The van der Waals surface area contributed by atoms with Crippen LogP contribution in [-0.4, -0.2) is 54.7 Å². The molecule has 2 aliphatic heterocycles.